The van der Waals surface area contributed by atoms with E-state index in [1.165, 1.54) is 0 Å². The molecule has 78 valence electrons. The molecule has 1 aromatic rings. The molecule has 1 aromatic carbocycles. The Morgan fingerprint density at radius 3 is 3.20 bits per heavy atom. The summed E-state index contributed by atoms with van der Waals surface area (Å²) in [4.78, 5) is 13.6. The van der Waals surface area contributed by atoms with Gasteiger partial charge in [0.25, 0.3) is 0 Å². The van der Waals surface area contributed by atoms with Crippen LogP contribution in [0.1, 0.15) is 5.56 Å². The minimum absolute atomic E-state index is 0.0665. The summed E-state index contributed by atoms with van der Waals surface area (Å²) in [6.45, 7) is 1.43. The molecule has 0 aliphatic carbocycles. The van der Waals surface area contributed by atoms with Crippen molar-refractivity contribution in [3.63, 3.8) is 0 Å². The molecule has 2 heterocycles. The van der Waals surface area contributed by atoms with Gasteiger partial charge >= 0.3 is 0 Å². The van der Waals surface area contributed by atoms with Crippen LogP contribution in [0.15, 0.2) is 18.2 Å². The summed E-state index contributed by atoms with van der Waals surface area (Å²) < 4.78 is 0. The molecular formula is C11H12N2O2. The number of aromatic hydroxyl groups is 1. The Balaban J connectivity index is 2.09. The summed E-state index contributed by atoms with van der Waals surface area (Å²) >= 11 is 0. The molecule has 2 aliphatic heterocycles. The first kappa shape index (κ1) is 8.59. The van der Waals surface area contributed by atoms with Gasteiger partial charge in [-0.25, -0.2) is 0 Å². The number of nitrogens with one attached hydrogen (secondary N) is 1. The quantitative estimate of drug-likeness (QED) is 0.637. The Morgan fingerprint density at radius 1 is 1.47 bits per heavy atom. The van der Waals surface area contributed by atoms with Gasteiger partial charge < -0.3 is 15.3 Å². The van der Waals surface area contributed by atoms with E-state index in [2.05, 4.69) is 5.32 Å². The topological polar surface area (TPSA) is 52.6 Å². The fourth-order valence-corrected chi connectivity index (χ4v) is 2.47. The lowest BCUT2D eigenvalue weighted by Crippen LogP contribution is -2.53. The number of benzene rings is 1. The number of para-hydroxylation sites is 1. The minimum Gasteiger partial charge on any atom is -0.506 e. The third kappa shape index (κ3) is 1.11. The molecular weight excluding hydrogens is 192 g/mol. The Kier molecular flexibility index (Phi) is 1.65. The van der Waals surface area contributed by atoms with Crippen molar-refractivity contribution >= 4 is 11.6 Å². The van der Waals surface area contributed by atoms with E-state index < -0.39 is 0 Å². The van der Waals surface area contributed by atoms with E-state index in [0.717, 1.165) is 17.8 Å². The third-order valence-electron chi connectivity index (χ3n) is 3.13. The lowest BCUT2D eigenvalue weighted by Gasteiger charge is -2.31. The van der Waals surface area contributed by atoms with Crippen molar-refractivity contribution in [1.29, 1.82) is 0 Å². The Bertz CT molecular complexity index is 431. The van der Waals surface area contributed by atoms with E-state index in [9.17, 15) is 9.90 Å². The first-order chi connectivity index (χ1) is 7.27. The van der Waals surface area contributed by atoms with Crippen LogP contribution in [0.4, 0.5) is 5.69 Å². The van der Waals surface area contributed by atoms with Gasteiger partial charge in [-0.05, 0) is 11.6 Å². The molecule has 0 aromatic heterocycles. The lowest BCUT2D eigenvalue weighted by molar-refractivity contribution is -0.123. The number of phenols is 1. The van der Waals surface area contributed by atoms with Crippen LogP contribution in [0.25, 0.3) is 0 Å². The van der Waals surface area contributed by atoms with Crippen LogP contribution in [-0.2, 0) is 11.2 Å². The Hall–Kier alpha value is -1.71. The van der Waals surface area contributed by atoms with E-state index in [4.69, 9.17) is 0 Å². The predicted molar refractivity (Wildman–Crippen MR) is 56.0 cm³/mol. The average molecular weight is 204 g/mol. The van der Waals surface area contributed by atoms with E-state index >= 15 is 0 Å². The summed E-state index contributed by atoms with van der Waals surface area (Å²) in [7, 11) is 0. The Morgan fingerprint density at radius 2 is 2.33 bits per heavy atom. The minimum atomic E-state index is -0.123. The molecule has 1 amide bonds. The molecule has 0 radical (unpaired) electrons. The number of phenolic OH excluding ortho intramolecular Hbond substituents is 1. The van der Waals surface area contributed by atoms with Gasteiger partial charge in [-0.2, -0.15) is 0 Å². The number of anilines is 1. The van der Waals surface area contributed by atoms with Crippen molar-refractivity contribution in [2.75, 3.05) is 18.0 Å². The van der Waals surface area contributed by atoms with Crippen LogP contribution >= 0.6 is 0 Å². The molecule has 1 fully saturated rings. The molecule has 15 heavy (non-hydrogen) atoms. The van der Waals surface area contributed by atoms with Gasteiger partial charge in [0.15, 0.2) is 0 Å². The molecule has 3 rings (SSSR count). The lowest BCUT2D eigenvalue weighted by atomic mass is 10.1. The molecule has 0 bridgehead atoms. The number of hydrogen-bond donors (Lipinski definition) is 2. The van der Waals surface area contributed by atoms with Gasteiger partial charge in [0.1, 0.15) is 11.8 Å². The highest BCUT2D eigenvalue weighted by molar-refractivity contribution is 5.90. The zero-order valence-electron chi connectivity index (χ0n) is 8.23. The average Bonchev–Trinajstić information content (AvgIpc) is 2.59. The van der Waals surface area contributed by atoms with Crippen molar-refractivity contribution in [1.82, 2.24) is 5.32 Å². The van der Waals surface area contributed by atoms with Crippen molar-refractivity contribution < 1.29 is 9.90 Å². The summed E-state index contributed by atoms with van der Waals surface area (Å²) in [5, 5.41) is 12.6. The van der Waals surface area contributed by atoms with Gasteiger partial charge in [0, 0.05) is 19.5 Å². The molecule has 2 N–H and O–H groups in total. The number of piperazine rings is 1. The fraction of sp³-hybridized carbons (Fsp3) is 0.364. The SMILES string of the molecule is O=C1NCCN2c3c(O)cccc3CC12. The molecule has 0 spiro atoms. The highest BCUT2D eigenvalue weighted by Gasteiger charge is 2.38. The molecule has 1 unspecified atom stereocenters. The van der Waals surface area contributed by atoms with E-state index in [-0.39, 0.29) is 17.7 Å². The van der Waals surface area contributed by atoms with Crippen LogP contribution in [-0.4, -0.2) is 30.1 Å². The standard InChI is InChI=1S/C11H12N2O2/c14-9-3-1-2-7-6-8-11(15)12-4-5-13(8)10(7)9/h1-3,8,14H,4-6H2,(H,12,15). The second kappa shape index (κ2) is 2.89. The summed E-state index contributed by atoms with van der Waals surface area (Å²) in [5.41, 5.74) is 1.91. The maximum atomic E-state index is 11.6. The van der Waals surface area contributed by atoms with Crippen LogP contribution in [0.3, 0.4) is 0 Å². The van der Waals surface area contributed by atoms with Crippen molar-refractivity contribution in [2.24, 2.45) is 0 Å². The number of carbonyl (C=O) groups excluding carboxylic acids is 1. The van der Waals surface area contributed by atoms with E-state index in [1.807, 2.05) is 17.0 Å². The number of carbonyl (C=O) groups is 1. The summed E-state index contributed by atoms with van der Waals surface area (Å²) in [5.74, 6) is 0.349. The third-order valence-corrected chi connectivity index (χ3v) is 3.13. The zero-order valence-corrected chi connectivity index (χ0v) is 8.23. The van der Waals surface area contributed by atoms with Gasteiger partial charge in [-0.1, -0.05) is 12.1 Å². The number of nitrogens with zero attached hydrogens (tertiary/aromatic N) is 1. The van der Waals surface area contributed by atoms with Crippen molar-refractivity contribution in [2.45, 2.75) is 12.5 Å². The van der Waals surface area contributed by atoms with Crippen LogP contribution in [0, 0.1) is 0 Å². The van der Waals surface area contributed by atoms with Gasteiger partial charge in [-0.3, -0.25) is 4.79 Å². The first-order valence-electron chi connectivity index (χ1n) is 5.12. The number of hydrogen-bond acceptors (Lipinski definition) is 3. The highest BCUT2D eigenvalue weighted by Crippen LogP contribution is 2.39. The second-order valence-corrected chi connectivity index (χ2v) is 3.99. The van der Waals surface area contributed by atoms with Crippen LogP contribution in [0.2, 0.25) is 0 Å². The first-order valence-corrected chi connectivity index (χ1v) is 5.12. The molecule has 0 saturated carbocycles. The summed E-state index contributed by atoms with van der Waals surface area (Å²) in [6.07, 6.45) is 0.704. The smallest absolute Gasteiger partial charge is 0.243 e. The van der Waals surface area contributed by atoms with Gasteiger partial charge in [-0.15, -0.1) is 0 Å². The van der Waals surface area contributed by atoms with Crippen molar-refractivity contribution in [3.8, 4) is 5.75 Å². The largest absolute Gasteiger partial charge is 0.506 e. The van der Waals surface area contributed by atoms with E-state index in [0.29, 0.717) is 13.0 Å². The molecule has 1 atom stereocenters. The number of amides is 1. The normalized spacial score (nSPS) is 23.3. The summed E-state index contributed by atoms with van der Waals surface area (Å²) in [6, 6.07) is 5.35. The monoisotopic (exact) mass is 204 g/mol. The fourth-order valence-electron chi connectivity index (χ4n) is 2.47. The zero-order chi connectivity index (χ0) is 10.4. The van der Waals surface area contributed by atoms with Crippen LogP contribution < -0.4 is 10.2 Å². The van der Waals surface area contributed by atoms with Crippen LogP contribution in [0.5, 0.6) is 5.75 Å². The molecule has 2 aliphatic rings. The molecule has 4 heteroatoms. The second-order valence-electron chi connectivity index (χ2n) is 3.99. The maximum absolute atomic E-state index is 11.6. The molecule has 4 nitrogen and oxygen atoms in total. The highest BCUT2D eigenvalue weighted by atomic mass is 16.3. The number of rotatable bonds is 0. The predicted octanol–water partition coefficient (Wildman–Crippen LogP) is 0.253. The van der Waals surface area contributed by atoms with Crippen molar-refractivity contribution in [3.05, 3.63) is 23.8 Å². The van der Waals surface area contributed by atoms with Gasteiger partial charge in [0.2, 0.25) is 5.91 Å². The molecule has 1 saturated heterocycles. The Labute approximate surface area is 87.5 Å². The number of fused-ring (bicyclic) bond motifs is 3. The maximum Gasteiger partial charge on any atom is 0.243 e. The van der Waals surface area contributed by atoms with E-state index in [1.54, 1.807) is 6.07 Å². The van der Waals surface area contributed by atoms with Gasteiger partial charge in [0.05, 0.1) is 5.69 Å².